The topological polar surface area (TPSA) is 56.3 Å². The fourth-order valence-electron chi connectivity index (χ4n) is 2.19. The van der Waals surface area contributed by atoms with Crippen LogP contribution in [0.15, 0.2) is 59.5 Å². The zero-order chi connectivity index (χ0) is 17.6. The lowest BCUT2D eigenvalue weighted by molar-refractivity contribution is 0.394. The van der Waals surface area contributed by atoms with Gasteiger partial charge in [0, 0.05) is 11.3 Å². The van der Waals surface area contributed by atoms with E-state index in [0.717, 1.165) is 33.3 Å². The molecule has 3 rings (SSSR count). The predicted octanol–water partition coefficient (Wildman–Crippen LogP) is 4.93. The van der Waals surface area contributed by atoms with Crippen LogP contribution in [-0.4, -0.2) is 24.4 Å². The van der Waals surface area contributed by atoms with Crippen molar-refractivity contribution in [1.82, 2.24) is 10.2 Å². The van der Waals surface area contributed by atoms with E-state index in [-0.39, 0.29) is 0 Å². The second-order valence-electron chi connectivity index (χ2n) is 5.04. The first kappa shape index (κ1) is 17.4. The summed E-state index contributed by atoms with van der Waals surface area (Å²) in [5, 5.41) is 8.36. The van der Waals surface area contributed by atoms with Gasteiger partial charge >= 0.3 is 0 Å². The molecule has 0 atom stereocenters. The molecule has 0 bridgehead atoms. The van der Waals surface area contributed by atoms with Crippen molar-refractivity contribution >= 4 is 29.2 Å². The third kappa shape index (κ3) is 4.35. The molecule has 128 valence electrons. The molecule has 0 spiro atoms. The maximum absolute atomic E-state index is 5.79. The molecular weight excluding hydrogens is 358 g/mol. The van der Waals surface area contributed by atoms with Crippen LogP contribution in [0.25, 0.3) is 11.3 Å². The van der Waals surface area contributed by atoms with E-state index in [2.05, 4.69) is 14.9 Å². The number of anilines is 1. The molecule has 0 aliphatic carbocycles. The number of nitrogens with zero attached hydrogens (tertiary/aromatic N) is 2. The van der Waals surface area contributed by atoms with Gasteiger partial charge in [0.05, 0.1) is 24.8 Å². The normalized spacial score (nSPS) is 10.4. The Labute approximate surface area is 155 Å². The summed E-state index contributed by atoms with van der Waals surface area (Å²) in [5.41, 5.74) is 2.65. The van der Waals surface area contributed by atoms with Gasteiger partial charge in [0.1, 0.15) is 11.5 Å². The zero-order valence-corrected chi connectivity index (χ0v) is 15.3. The summed E-state index contributed by atoms with van der Waals surface area (Å²) in [6, 6.07) is 17.1. The highest BCUT2D eigenvalue weighted by Crippen LogP contribution is 2.34. The lowest BCUT2D eigenvalue weighted by Gasteiger charge is -2.11. The van der Waals surface area contributed by atoms with Crippen LogP contribution < -0.4 is 14.2 Å². The van der Waals surface area contributed by atoms with Gasteiger partial charge < -0.3 is 14.2 Å². The molecule has 0 radical (unpaired) electrons. The first-order valence-corrected chi connectivity index (χ1v) is 8.63. The number of ether oxygens (including phenoxy) is 2. The standard InChI is InChI=1S/C18H16ClN3O2S/c1-23-14-6-8-16(24-2)17(11-14)25-22-13-5-3-4-12(10-13)15-7-9-18(19)21-20-15/h3-11,22H,1-2H3. The average Bonchev–Trinajstić information content (AvgIpc) is 2.67. The number of nitrogens with one attached hydrogen (secondary N) is 1. The number of aromatic nitrogens is 2. The van der Waals surface area contributed by atoms with Crippen molar-refractivity contribution in [3.8, 4) is 22.8 Å². The summed E-state index contributed by atoms with van der Waals surface area (Å²) in [5.74, 6) is 1.55. The summed E-state index contributed by atoms with van der Waals surface area (Å²) in [4.78, 5) is 0.929. The first-order chi connectivity index (χ1) is 12.2. The highest BCUT2D eigenvalue weighted by Gasteiger charge is 2.07. The fourth-order valence-corrected chi connectivity index (χ4v) is 3.07. The molecule has 1 N–H and O–H groups in total. The summed E-state index contributed by atoms with van der Waals surface area (Å²) in [6.07, 6.45) is 0. The van der Waals surface area contributed by atoms with Crippen LogP contribution in [0.2, 0.25) is 5.15 Å². The number of rotatable bonds is 6. The van der Waals surface area contributed by atoms with Crippen LogP contribution in [0.1, 0.15) is 0 Å². The number of methoxy groups -OCH3 is 2. The molecule has 0 aliphatic rings. The van der Waals surface area contributed by atoms with Crippen LogP contribution in [0.5, 0.6) is 11.5 Å². The zero-order valence-electron chi connectivity index (χ0n) is 13.7. The van der Waals surface area contributed by atoms with Crippen LogP contribution in [0, 0.1) is 0 Å². The van der Waals surface area contributed by atoms with Crippen molar-refractivity contribution < 1.29 is 9.47 Å². The minimum Gasteiger partial charge on any atom is -0.497 e. The van der Waals surface area contributed by atoms with Gasteiger partial charge in [-0.25, -0.2) is 0 Å². The third-order valence-electron chi connectivity index (χ3n) is 3.44. The van der Waals surface area contributed by atoms with E-state index in [9.17, 15) is 0 Å². The van der Waals surface area contributed by atoms with Gasteiger partial charge in [-0.1, -0.05) is 23.7 Å². The van der Waals surface area contributed by atoms with Gasteiger partial charge in [-0.2, -0.15) is 0 Å². The average molecular weight is 374 g/mol. The summed E-state index contributed by atoms with van der Waals surface area (Å²) in [7, 11) is 3.28. The van der Waals surface area contributed by atoms with Crippen LogP contribution in [0.4, 0.5) is 5.69 Å². The van der Waals surface area contributed by atoms with Crippen molar-refractivity contribution in [2.75, 3.05) is 18.9 Å². The van der Waals surface area contributed by atoms with Crippen LogP contribution in [0.3, 0.4) is 0 Å². The Morgan fingerprint density at radius 1 is 0.960 bits per heavy atom. The first-order valence-electron chi connectivity index (χ1n) is 7.44. The molecular formula is C18H16ClN3O2S. The van der Waals surface area contributed by atoms with Crippen molar-refractivity contribution in [2.45, 2.75) is 4.90 Å². The summed E-state index contributed by atoms with van der Waals surface area (Å²) >= 11 is 7.24. The van der Waals surface area contributed by atoms with Gasteiger partial charge in [0.25, 0.3) is 0 Å². The molecule has 2 aromatic carbocycles. The van der Waals surface area contributed by atoms with Gasteiger partial charge in [-0.05, 0) is 54.4 Å². The quantitative estimate of drug-likeness (QED) is 0.618. The Morgan fingerprint density at radius 3 is 2.56 bits per heavy atom. The molecule has 5 nitrogen and oxygen atoms in total. The number of halogens is 1. The molecule has 1 aromatic heterocycles. The minimum atomic E-state index is 0.374. The second kappa shape index (κ2) is 8.09. The van der Waals surface area contributed by atoms with E-state index < -0.39 is 0 Å². The Bertz CT molecular complexity index is 859. The van der Waals surface area contributed by atoms with Crippen LogP contribution >= 0.6 is 23.5 Å². The Hall–Kier alpha value is -2.44. The molecule has 0 fully saturated rings. The maximum Gasteiger partial charge on any atom is 0.151 e. The van der Waals surface area contributed by atoms with E-state index in [0.29, 0.717) is 5.15 Å². The Balaban J connectivity index is 1.78. The SMILES string of the molecule is COc1ccc(OC)c(SNc2cccc(-c3ccc(Cl)nn3)c2)c1. The molecule has 0 saturated heterocycles. The van der Waals surface area contributed by atoms with Crippen molar-refractivity contribution in [3.05, 3.63) is 59.8 Å². The number of hydrogen-bond acceptors (Lipinski definition) is 6. The highest BCUT2D eigenvalue weighted by molar-refractivity contribution is 8.00. The number of benzene rings is 2. The van der Waals surface area contributed by atoms with E-state index in [1.54, 1.807) is 20.3 Å². The molecule has 0 aliphatic heterocycles. The second-order valence-corrected chi connectivity index (χ2v) is 6.28. The lowest BCUT2D eigenvalue weighted by atomic mass is 10.1. The van der Waals surface area contributed by atoms with Gasteiger partial charge in [-0.3, -0.25) is 0 Å². The Kier molecular flexibility index (Phi) is 5.63. The fraction of sp³-hybridized carbons (Fsp3) is 0.111. The van der Waals surface area contributed by atoms with E-state index in [1.807, 2.05) is 48.5 Å². The van der Waals surface area contributed by atoms with E-state index >= 15 is 0 Å². The van der Waals surface area contributed by atoms with Gasteiger partial charge in [-0.15, -0.1) is 10.2 Å². The molecule has 3 aromatic rings. The number of hydrogen-bond donors (Lipinski definition) is 1. The Morgan fingerprint density at radius 2 is 1.84 bits per heavy atom. The van der Waals surface area contributed by atoms with Crippen molar-refractivity contribution in [2.24, 2.45) is 0 Å². The lowest BCUT2D eigenvalue weighted by Crippen LogP contribution is -1.93. The minimum absolute atomic E-state index is 0.374. The maximum atomic E-state index is 5.79. The molecule has 0 unspecified atom stereocenters. The smallest absolute Gasteiger partial charge is 0.151 e. The van der Waals surface area contributed by atoms with Crippen molar-refractivity contribution in [3.63, 3.8) is 0 Å². The summed E-state index contributed by atoms with van der Waals surface area (Å²) in [6.45, 7) is 0. The predicted molar refractivity (Wildman–Crippen MR) is 102 cm³/mol. The molecule has 25 heavy (non-hydrogen) atoms. The molecule has 7 heteroatoms. The van der Waals surface area contributed by atoms with E-state index in [4.69, 9.17) is 21.1 Å². The van der Waals surface area contributed by atoms with Gasteiger partial charge in [0.2, 0.25) is 0 Å². The van der Waals surface area contributed by atoms with Crippen molar-refractivity contribution in [1.29, 1.82) is 0 Å². The largest absolute Gasteiger partial charge is 0.497 e. The van der Waals surface area contributed by atoms with Crippen LogP contribution in [-0.2, 0) is 0 Å². The monoisotopic (exact) mass is 373 g/mol. The molecule has 1 heterocycles. The highest BCUT2D eigenvalue weighted by atomic mass is 35.5. The molecule has 0 saturated carbocycles. The molecule has 0 amide bonds. The third-order valence-corrected chi connectivity index (χ3v) is 4.52. The summed E-state index contributed by atoms with van der Waals surface area (Å²) < 4.78 is 14.0. The van der Waals surface area contributed by atoms with E-state index in [1.165, 1.54) is 11.9 Å². The van der Waals surface area contributed by atoms with Gasteiger partial charge in [0.15, 0.2) is 5.15 Å².